The van der Waals surface area contributed by atoms with Crippen LogP contribution in [0, 0.1) is 0 Å². The number of carbonyl (C=O) groups excluding carboxylic acids is 1. The molecule has 0 radical (unpaired) electrons. The minimum absolute atomic E-state index is 0.0705. The van der Waals surface area contributed by atoms with Gasteiger partial charge in [-0.3, -0.25) is 4.79 Å². The zero-order chi connectivity index (χ0) is 14.0. The molecule has 0 aromatic rings. The highest BCUT2D eigenvalue weighted by Crippen LogP contribution is 2.29. The van der Waals surface area contributed by atoms with E-state index >= 15 is 0 Å². The Morgan fingerprint density at radius 2 is 1.89 bits per heavy atom. The van der Waals surface area contributed by atoms with Crippen molar-refractivity contribution in [3.8, 4) is 0 Å². The zero-order valence-corrected chi connectivity index (χ0v) is 13.4. The van der Waals surface area contributed by atoms with E-state index in [0.29, 0.717) is 6.42 Å². The Balaban J connectivity index is 2.53. The number of halogens is 1. The first kappa shape index (κ1) is 15.9. The highest BCUT2D eigenvalue weighted by molar-refractivity contribution is 9.09. The molecule has 1 heterocycles. The standard InChI is InChI=1S/C13H23BrO4/c1-12(2,3)18-11(15)7-9-6-10(8-14)17-13(4,5)16-9/h9-10H,6-8H2,1-5H3/t9-,10+/m1/s1. The van der Waals surface area contributed by atoms with Crippen molar-refractivity contribution >= 4 is 21.9 Å². The molecule has 0 aromatic heterocycles. The van der Waals surface area contributed by atoms with E-state index in [1.165, 1.54) is 0 Å². The molecule has 0 spiro atoms. The van der Waals surface area contributed by atoms with Gasteiger partial charge in [0.1, 0.15) is 5.60 Å². The summed E-state index contributed by atoms with van der Waals surface area (Å²) in [5, 5.41) is 0.741. The van der Waals surface area contributed by atoms with Crippen LogP contribution in [0.4, 0.5) is 0 Å². The normalized spacial score (nSPS) is 27.9. The Labute approximate surface area is 117 Å². The molecule has 1 fully saturated rings. The van der Waals surface area contributed by atoms with Crippen molar-refractivity contribution in [3.63, 3.8) is 0 Å². The number of esters is 1. The number of alkyl halides is 1. The summed E-state index contributed by atoms with van der Waals surface area (Å²) in [7, 11) is 0. The average Bonchev–Trinajstić information content (AvgIpc) is 2.11. The lowest BCUT2D eigenvalue weighted by Crippen LogP contribution is -2.46. The predicted molar refractivity (Wildman–Crippen MR) is 72.7 cm³/mol. The number of rotatable bonds is 3. The lowest BCUT2D eigenvalue weighted by Gasteiger charge is -2.40. The van der Waals surface area contributed by atoms with Crippen molar-refractivity contribution in [3.05, 3.63) is 0 Å². The smallest absolute Gasteiger partial charge is 0.308 e. The number of hydrogen-bond donors (Lipinski definition) is 0. The maximum atomic E-state index is 11.8. The van der Waals surface area contributed by atoms with Gasteiger partial charge in [0.15, 0.2) is 5.79 Å². The van der Waals surface area contributed by atoms with Crippen LogP contribution in [0.1, 0.15) is 47.5 Å². The fourth-order valence-corrected chi connectivity index (χ4v) is 2.41. The lowest BCUT2D eigenvalue weighted by atomic mass is 10.1. The number of ether oxygens (including phenoxy) is 3. The summed E-state index contributed by atoms with van der Waals surface area (Å²) in [6.07, 6.45) is 0.897. The molecular weight excluding hydrogens is 300 g/mol. The third kappa shape index (κ3) is 5.67. The maximum absolute atomic E-state index is 11.8. The van der Waals surface area contributed by atoms with Gasteiger partial charge >= 0.3 is 5.97 Å². The Morgan fingerprint density at radius 3 is 2.39 bits per heavy atom. The molecule has 0 aromatic carbocycles. The van der Waals surface area contributed by atoms with Crippen LogP contribution in [0.3, 0.4) is 0 Å². The molecule has 18 heavy (non-hydrogen) atoms. The molecular formula is C13H23BrO4. The fourth-order valence-electron chi connectivity index (χ4n) is 2.01. The SMILES string of the molecule is CC(C)(C)OC(=O)C[C@H]1C[C@@H](CBr)OC(C)(C)O1. The van der Waals surface area contributed by atoms with Gasteiger partial charge in [-0.2, -0.15) is 0 Å². The molecule has 1 aliphatic heterocycles. The molecule has 0 saturated carbocycles. The topological polar surface area (TPSA) is 44.8 Å². The van der Waals surface area contributed by atoms with Crippen molar-refractivity contribution in [2.75, 3.05) is 5.33 Å². The third-order valence-electron chi connectivity index (χ3n) is 2.41. The predicted octanol–water partition coefficient (Wildman–Crippen LogP) is 3.02. The van der Waals surface area contributed by atoms with E-state index in [1.807, 2.05) is 34.6 Å². The molecule has 1 saturated heterocycles. The van der Waals surface area contributed by atoms with Crippen LogP contribution >= 0.6 is 15.9 Å². The van der Waals surface area contributed by atoms with Crippen molar-refractivity contribution in [2.45, 2.75) is 71.1 Å². The quantitative estimate of drug-likeness (QED) is 0.592. The molecule has 106 valence electrons. The maximum Gasteiger partial charge on any atom is 0.308 e. The summed E-state index contributed by atoms with van der Waals surface area (Å²) in [6, 6.07) is 0. The van der Waals surface area contributed by atoms with E-state index in [4.69, 9.17) is 14.2 Å². The molecule has 1 rings (SSSR count). The summed E-state index contributed by atoms with van der Waals surface area (Å²) in [5.41, 5.74) is -0.452. The van der Waals surface area contributed by atoms with Gasteiger partial charge in [-0.15, -0.1) is 0 Å². The van der Waals surface area contributed by atoms with Gasteiger partial charge in [0, 0.05) is 11.8 Å². The summed E-state index contributed by atoms with van der Waals surface area (Å²) in [5.74, 6) is -0.873. The second kappa shape index (κ2) is 5.88. The minimum atomic E-state index is -0.649. The van der Waals surface area contributed by atoms with Crippen molar-refractivity contribution < 1.29 is 19.0 Å². The van der Waals surface area contributed by atoms with E-state index in [-0.39, 0.29) is 24.6 Å². The second-order valence-corrected chi connectivity index (χ2v) is 6.71. The van der Waals surface area contributed by atoms with Crippen LogP contribution in [0.15, 0.2) is 0 Å². The number of hydrogen-bond acceptors (Lipinski definition) is 4. The van der Waals surface area contributed by atoms with Gasteiger partial charge in [-0.1, -0.05) is 15.9 Å². The molecule has 5 heteroatoms. The summed E-state index contributed by atoms with van der Waals surface area (Å²) in [4.78, 5) is 11.8. The molecule has 0 amide bonds. The highest BCUT2D eigenvalue weighted by atomic mass is 79.9. The molecule has 4 nitrogen and oxygen atoms in total. The first-order valence-electron chi connectivity index (χ1n) is 6.25. The van der Waals surface area contributed by atoms with Gasteiger partial charge in [-0.05, 0) is 34.6 Å². The third-order valence-corrected chi connectivity index (χ3v) is 3.14. The van der Waals surface area contributed by atoms with Crippen LogP contribution in [0.5, 0.6) is 0 Å². The molecule has 0 bridgehead atoms. The summed E-state index contributed by atoms with van der Waals surface area (Å²) >= 11 is 3.41. The average molecular weight is 323 g/mol. The molecule has 0 aliphatic carbocycles. The van der Waals surface area contributed by atoms with Crippen molar-refractivity contribution in [1.29, 1.82) is 0 Å². The van der Waals surface area contributed by atoms with Gasteiger partial charge in [0.05, 0.1) is 18.6 Å². The van der Waals surface area contributed by atoms with Gasteiger partial charge in [0.25, 0.3) is 0 Å². The Hall–Kier alpha value is -0.130. The number of carbonyl (C=O) groups is 1. The first-order valence-corrected chi connectivity index (χ1v) is 7.37. The largest absolute Gasteiger partial charge is 0.460 e. The van der Waals surface area contributed by atoms with E-state index in [1.54, 1.807) is 0 Å². The zero-order valence-electron chi connectivity index (χ0n) is 11.8. The summed E-state index contributed by atoms with van der Waals surface area (Å²) in [6.45, 7) is 9.32. The van der Waals surface area contributed by atoms with Crippen molar-refractivity contribution in [2.24, 2.45) is 0 Å². The van der Waals surface area contributed by atoms with Crippen LogP contribution in [-0.4, -0.2) is 34.9 Å². The summed E-state index contributed by atoms with van der Waals surface area (Å²) < 4.78 is 16.8. The molecule has 0 unspecified atom stereocenters. The lowest BCUT2D eigenvalue weighted by molar-refractivity contribution is -0.295. The van der Waals surface area contributed by atoms with Crippen LogP contribution in [0.2, 0.25) is 0 Å². The fraction of sp³-hybridized carbons (Fsp3) is 0.923. The monoisotopic (exact) mass is 322 g/mol. The van der Waals surface area contributed by atoms with Crippen LogP contribution in [-0.2, 0) is 19.0 Å². The first-order chi connectivity index (χ1) is 8.11. The highest BCUT2D eigenvalue weighted by Gasteiger charge is 2.36. The van der Waals surface area contributed by atoms with E-state index in [9.17, 15) is 4.79 Å². The minimum Gasteiger partial charge on any atom is -0.460 e. The molecule has 0 N–H and O–H groups in total. The van der Waals surface area contributed by atoms with E-state index in [0.717, 1.165) is 5.33 Å². The van der Waals surface area contributed by atoms with Crippen LogP contribution in [0.25, 0.3) is 0 Å². The molecule has 2 atom stereocenters. The Kier molecular flexibility index (Phi) is 5.21. The Morgan fingerprint density at radius 1 is 1.33 bits per heavy atom. The van der Waals surface area contributed by atoms with Gasteiger partial charge in [-0.25, -0.2) is 0 Å². The van der Waals surface area contributed by atoms with E-state index < -0.39 is 11.4 Å². The van der Waals surface area contributed by atoms with Gasteiger partial charge in [0.2, 0.25) is 0 Å². The molecule has 1 aliphatic rings. The van der Waals surface area contributed by atoms with E-state index in [2.05, 4.69) is 15.9 Å². The Bertz CT molecular complexity index is 296. The van der Waals surface area contributed by atoms with Crippen LogP contribution < -0.4 is 0 Å². The second-order valence-electron chi connectivity index (χ2n) is 6.06. The van der Waals surface area contributed by atoms with Gasteiger partial charge < -0.3 is 14.2 Å². The van der Waals surface area contributed by atoms with Crippen molar-refractivity contribution in [1.82, 2.24) is 0 Å².